The van der Waals surface area contributed by atoms with Gasteiger partial charge in [-0.25, -0.2) is 9.18 Å². The number of carbonyl (C=O) groups excluding carboxylic acids is 1. The van der Waals surface area contributed by atoms with Gasteiger partial charge in [0.1, 0.15) is 5.82 Å². The highest BCUT2D eigenvalue weighted by Crippen LogP contribution is 2.09. The molecule has 94 valence electrons. The van der Waals surface area contributed by atoms with Crippen molar-refractivity contribution < 1.29 is 13.9 Å². The average Bonchev–Trinajstić information content (AvgIpc) is 2.34. The standard InChI is InChI=1S/C13H16ClFO2/c14-9-5-1-2-6-10-17-13(16)11-7-3-4-8-12(11)15/h3-4,7-8H,1-2,5-6,9-10H2. The molecule has 0 fully saturated rings. The molecule has 0 aliphatic carbocycles. The van der Waals surface area contributed by atoms with Gasteiger partial charge in [0.05, 0.1) is 12.2 Å². The summed E-state index contributed by atoms with van der Waals surface area (Å²) in [7, 11) is 0. The molecule has 1 rings (SSSR count). The van der Waals surface area contributed by atoms with E-state index in [1.54, 1.807) is 6.07 Å². The maximum Gasteiger partial charge on any atom is 0.341 e. The van der Waals surface area contributed by atoms with E-state index in [1.165, 1.54) is 18.2 Å². The van der Waals surface area contributed by atoms with Crippen LogP contribution in [0, 0.1) is 5.82 Å². The van der Waals surface area contributed by atoms with Gasteiger partial charge in [0.15, 0.2) is 0 Å². The number of unbranched alkanes of at least 4 members (excludes halogenated alkanes) is 3. The third kappa shape index (κ3) is 5.18. The SMILES string of the molecule is O=C(OCCCCCCCl)c1ccccc1F. The summed E-state index contributed by atoms with van der Waals surface area (Å²) in [6.45, 7) is 0.329. The van der Waals surface area contributed by atoms with E-state index in [2.05, 4.69) is 0 Å². The van der Waals surface area contributed by atoms with Gasteiger partial charge in [0.2, 0.25) is 0 Å². The summed E-state index contributed by atoms with van der Waals surface area (Å²) in [5.74, 6) is -0.477. The average molecular weight is 259 g/mol. The van der Waals surface area contributed by atoms with Crippen LogP contribution in [0.15, 0.2) is 24.3 Å². The molecule has 0 saturated carbocycles. The second-order valence-corrected chi connectivity index (χ2v) is 4.10. The monoisotopic (exact) mass is 258 g/mol. The molecule has 0 saturated heterocycles. The summed E-state index contributed by atoms with van der Waals surface area (Å²) in [4.78, 5) is 11.5. The third-order valence-electron chi connectivity index (χ3n) is 2.35. The van der Waals surface area contributed by atoms with Crippen LogP contribution in [-0.2, 0) is 4.74 Å². The Morgan fingerprint density at radius 2 is 1.88 bits per heavy atom. The molecule has 0 radical (unpaired) electrons. The molecule has 1 aromatic rings. The maximum atomic E-state index is 13.2. The van der Waals surface area contributed by atoms with E-state index < -0.39 is 11.8 Å². The summed E-state index contributed by atoms with van der Waals surface area (Å²) in [6, 6.07) is 5.82. The molecule has 17 heavy (non-hydrogen) atoms. The van der Waals surface area contributed by atoms with E-state index in [9.17, 15) is 9.18 Å². The van der Waals surface area contributed by atoms with Crippen LogP contribution in [0.4, 0.5) is 4.39 Å². The zero-order valence-corrected chi connectivity index (χ0v) is 10.4. The minimum atomic E-state index is -0.597. The molecule has 0 amide bonds. The Kier molecular flexibility index (Phi) is 6.63. The number of alkyl halides is 1. The number of carbonyl (C=O) groups is 1. The lowest BCUT2D eigenvalue weighted by atomic mass is 10.2. The second kappa shape index (κ2) is 8.07. The van der Waals surface area contributed by atoms with Crippen molar-refractivity contribution in [2.75, 3.05) is 12.5 Å². The molecule has 0 aliphatic heterocycles. The predicted octanol–water partition coefficient (Wildman–Crippen LogP) is 3.78. The minimum Gasteiger partial charge on any atom is -0.462 e. The van der Waals surface area contributed by atoms with Crippen molar-refractivity contribution in [1.82, 2.24) is 0 Å². The van der Waals surface area contributed by atoms with Gasteiger partial charge < -0.3 is 4.74 Å². The van der Waals surface area contributed by atoms with Gasteiger partial charge in [-0.05, 0) is 25.0 Å². The molecule has 2 nitrogen and oxygen atoms in total. The van der Waals surface area contributed by atoms with E-state index in [4.69, 9.17) is 16.3 Å². The summed E-state index contributed by atoms with van der Waals surface area (Å²) in [6.07, 6.45) is 3.76. The maximum absolute atomic E-state index is 13.2. The van der Waals surface area contributed by atoms with Gasteiger partial charge in [0.25, 0.3) is 0 Å². The lowest BCUT2D eigenvalue weighted by Gasteiger charge is -2.05. The first-order valence-electron chi connectivity index (χ1n) is 5.73. The Labute approximate surface area is 106 Å². The van der Waals surface area contributed by atoms with Crippen LogP contribution in [0.2, 0.25) is 0 Å². The first-order chi connectivity index (χ1) is 8.25. The van der Waals surface area contributed by atoms with Gasteiger partial charge in [-0.2, -0.15) is 0 Å². The molecule has 0 aliphatic rings. The first kappa shape index (κ1) is 14.0. The highest BCUT2D eigenvalue weighted by Gasteiger charge is 2.11. The number of esters is 1. The van der Waals surface area contributed by atoms with Gasteiger partial charge >= 0.3 is 5.97 Å². The smallest absolute Gasteiger partial charge is 0.341 e. The zero-order valence-electron chi connectivity index (χ0n) is 9.62. The molecular formula is C13H16ClFO2. The van der Waals surface area contributed by atoms with E-state index in [0.29, 0.717) is 12.5 Å². The van der Waals surface area contributed by atoms with E-state index in [-0.39, 0.29) is 5.56 Å². The Hall–Kier alpha value is -1.09. The number of benzene rings is 1. The van der Waals surface area contributed by atoms with E-state index in [0.717, 1.165) is 25.7 Å². The summed E-state index contributed by atoms with van der Waals surface area (Å²) < 4.78 is 18.2. The number of halogens is 2. The highest BCUT2D eigenvalue weighted by atomic mass is 35.5. The van der Waals surface area contributed by atoms with Crippen molar-refractivity contribution in [3.8, 4) is 0 Å². The van der Waals surface area contributed by atoms with Crippen molar-refractivity contribution in [2.45, 2.75) is 25.7 Å². The van der Waals surface area contributed by atoms with Crippen LogP contribution in [0.1, 0.15) is 36.0 Å². The zero-order chi connectivity index (χ0) is 12.5. The number of hydrogen-bond donors (Lipinski definition) is 0. The fraction of sp³-hybridized carbons (Fsp3) is 0.462. The molecule has 0 atom stereocenters. The summed E-state index contributed by atoms with van der Waals surface area (Å²) in [5.41, 5.74) is -0.00624. The fourth-order valence-electron chi connectivity index (χ4n) is 1.42. The van der Waals surface area contributed by atoms with E-state index in [1.807, 2.05) is 0 Å². The molecule has 4 heteroatoms. The van der Waals surface area contributed by atoms with Crippen LogP contribution in [0.5, 0.6) is 0 Å². The quantitative estimate of drug-likeness (QED) is 0.423. The molecule has 1 aromatic carbocycles. The van der Waals surface area contributed by atoms with Gasteiger partial charge in [-0.3, -0.25) is 0 Å². The normalized spacial score (nSPS) is 10.2. The second-order valence-electron chi connectivity index (χ2n) is 3.72. The largest absolute Gasteiger partial charge is 0.462 e. The molecular weight excluding hydrogens is 243 g/mol. The molecule has 0 spiro atoms. The topological polar surface area (TPSA) is 26.3 Å². The number of hydrogen-bond acceptors (Lipinski definition) is 2. The minimum absolute atomic E-state index is 0.00624. The molecule has 0 aromatic heterocycles. The van der Waals surface area contributed by atoms with Gasteiger partial charge in [-0.15, -0.1) is 11.6 Å². The molecule has 0 bridgehead atoms. The Morgan fingerprint density at radius 1 is 1.18 bits per heavy atom. The van der Waals surface area contributed by atoms with Crippen molar-refractivity contribution in [1.29, 1.82) is 0 Å². The van der Waals surface area contributed by atoms with Gasteiger partial charge in [0, 0.05) is 5.88 Å². The Balaban J connectivity index is 2.24. The van der Waals surface area contributed by atoms with Crippen LogP contribution in [0.3, 0.4) is 0 Å². The highest BCUT2D eigenvalue weighted by molar-refractivity contribution is 6.17. The lowest BCUT2D eigenvalue weighted by Crippen LogP contribution is -2.08. The fourth-order valence-corrected chi connectivity index (χ4v) is 1.61. The van der Waals surface area contributed by atoms with Crippen LogP contribution < -0.4 is 0 Å². The summed E-state index contributed by atoms with van der Waals surface area (Å²) in [5, 5.41) is 0. The molecule has 0 N–H and O–H groups in total. The lowest BCUT2D eigenvalue weighted by molar-refractivity contribution is 0.0492. The predicted molar refractivity (Wildman–Crippen MR) is 65.9 cm³/mol. The van der Waals surface area contributed by atoms with Gasteiger partial charge in [-0.1, -0.05) is 25.0 Å². The van der Waals surface area contributed by atoms with Crippen LogP contribution >= 0.6 is 11.6 Å². The van der Waals surface area contributed by atoms with Crippen molar-refractivity contribution in [3.63, 3.8) is 0 Å². The molecule has 0 unspecified atom stereocenters. The molecule has 0 heterocycles. The van der Waals surface area contributed by atoms with Crippen molar-refractivity contribution in [3.05, 3.63) is 35.6 Å². The number of rotatable bonds is 7. The first-order valence-corrected chi connectivity index (χ1v) is 6.27. The third-order valence-corrected chi connectivity index (χ3v) is 2.62. The van der Waals surface area contributed by atoms with Crippen LogP contribution in [-0.4, -0.2) is 18.5 Å². The number of ether oxygens (including phenoxy) is 1. The van der Waals surface area contributed by atoms with Crippen molar-refractivity contribution in [2.24, 2.45) is 0 Å². The Morgan fingerprint density at radius 3 is 2.59 bits per heavy atom. The Bertz CT molecular complexity index is 355. The summed E-state index contributed by atoms with van der Waals surface area (Å²) >= 11 is 5.54. The van der Waals surface area contributed by atoms with E-state index >= 15 is 0 Å². The van der Waals surface area contributed by atoms with Crippen molar-refractivity contribution >= 4 is 17.6 Å². The van der Waals surface area contributed by atoms with Crippen LogP contribution in [0.25, 0.3) is 0 Å².